The molecule has 0 amide bonds. The first-order valence-corrected chi connectivity index (χ1v) is 33.0. The molecule has 0 saturated heterocycles. The maximum Gasteiger partial charge on any atom is 0.122 e. The van der Waals surface area contributed by atoms with Gasteiger partial charge in [-0.05, 0) is 186 Å². The fourth-order valence-electron chi connectivity index (χ4n) is 12.5. The van der Waals surface area contributed by atoms with E-state index in [1.54, 1.807) is 72.8 Å². The minimum Gasteiger partial charge on any atom is -0.508 e. The molecule has 15 heteroatoms. The average Bonchev–Trinajstić information content (AvgIpc) is 0.803. The molecule has 0 heterocycles. The van der Waals surface area contributed by atoms with Gasteiger partial charge in [-0.1, -0.05) is 198 Å². The van der Waals surface area contributed by atoms with Crippen LogP contribution >= 0.6 is 0 Å². The second kappa shape index (κ2) is 35.1. The molecule has 0 unspecified atom stereocenters. The average molecular weight is 1340 g/mol. The molecule has 0 aliphatic heterocycles. The van der Waals surface area contributed by atoms with Crippen molar-refractivity contribution in [1.29, 1.82) is 0 Å². The number of hydrogen-bond acceptors (Lipinski definition) is 15. The Bertz CT molecular complexity index is 4300. The fourth-order valence-corrected chi connectivity index (χ4v) is 12.5. The number of aromatic hydroxyl groups is 11. The van der Waals surface area contributed by atoms with Crippen LogP contribution in [0, 0.1) is 9.93 Å². The lowest BCUT2D eigenvalue weighted by molar-refractivity contribution is 0.275. The Kier molecular flexibility index (Phi) is 26.1. The summed E-state index contributed by atoms with van der Waals surface area (Å²) in [5.41, 5.74) is 15.7. The number of phenolic OH excluding ortho intramolecular Hbond substituents is 10. The summed E-state index contributed by atoms with van der Waals surface area (Å²) in [6.45, 7) is 7.89. The van der Waals surface area contributed by atoms with Crippen molar-refractivity contribution >= 4 is 0 Å². The monoisotopic (exact) mass is 1330 g/mol. The standard InChI is InChI=1S/C64H64O8.2C7H8O2.C6H6O.O2/c1-5-41-13-9-15-45(57(41)65)31-53-27-39-22-40-28-54(32-46-16-10-14-42(6-2)58(46)66)64(72)56(30-40)36-50-20-12-18-48(62(50)70)34-52-26-38(24-44(8-4)60(52)68)21-37-23-43(7-3)59(67)51(25-37)33-47-17-11-19-49(61(47)69)35-55(29-39)63(53)71;8-5-6-1-3-7(9)4-2-6;8-5-6-3-1-2-4-7(6)9;7-6-4-2-1-3-5-6;1-2/h9-20,23-30,65-72H,5-8,21-22,31-36H2,1-4H3;2*1-4,8-9H,5H2;1-5,7H;. The third kappa shape index (κ3) is 18.9. The second-order valence-electron chi connectivity index (χ2n) is 24.5. The number of phenols is 11. The zero-order valence-corrected chi connectivity index (χ0v) is 56.1. The predicted octanol–water partition coefficient (Wildman–Crippen LogP) is 15.8. The molecule has 12 bridgehead atoms. The van der Waals surface area contributed by atoms with Gasteiger partial charge < -0.3 is 66.4 Å². The summed E-state index contributed by atoms with van der Waals surface area (Å²) in [5.74, 6) is 1.69. The molecule has 0 radical (unpaired) electrons. The summed E-state index contributed by atoms with van der Waals surface area (Å²) < 4.78 is 0. The number of benzene rings is 11. The third-order valence-electron chi connectivity index (χ3n) is 17.8. The van der Waals surface area contributed by atoms with Crippen molar-refractivity contribution in [3.63, 3.8) is 0 Å². The highest BCUT2D eigenvalue weighted by atomic mass is 16.7. The van der Waals surface area contributed by atoms with Gasteiger partial charge in [-0.25, -0.2) is 0 Å². The van der Waals surface area contributed by atoms with E-state index in [4.69, 9.17) is 35.5 Å². The summed E-state index contributed by atoms with van der Waals surface area (Å²) in [5, 5.41) is 138. The first kappa shape index (κ1) is 73.5. The van der Waals surface area contributed by atoms with E-state index in [0.29, 0.717) is 117 Å². The van der Waals surface area contributed by atoms with Crippen molar-refractivity contribution in [2.24, 2.45) is 0 Å². The maximum absolute atomic E-state index is 12.2. The topological polar surface area (TPSA) is 297 Å². The van der Waals surface area contributed by atoms with Gasteiger partial charge in [0.25, 0.3) is 0 Å². The minimum atomic E-state index is -0.104. The van der Waals surface area contributed by atoms with Crippen molar-refractivity contribution in [2.45, 2.75) is 118 Å². The SMILES string of the molecule is CCc1cccc(Cc2cc3cc(c2O)Cc2cccc(c2O)Cc2cc(cc(CC)c2O)Cc2cc(CC)c(O)c(c2)Cc2cccc(c2O)Cc2cc(cc(Cc4cccc(CC)c4O)c2O)C3)c1O.O=O.OCc1ccc(O)cc1.OCc1ccccc1O.Oc1ccccc1. The molecular weight excluding hydrogens is 1250 g/mol. The quantitative estimate of drug-likeness (QED) is 0.0606. The maximum atomic E-state index is 12.2. The Balaban J connectivity index is 0.000000383. The minimum absolute atomic E-state index is 0.0281. The van der Waals surface area contributed by atoms with Crippen molar-refractivity contribution in [2.75, 3.05) is 0 Å². The predicted molar refractivity (Wildman–Crippen MR) is 388 cm³/mol. The lowest BCUT2D eigenvalue weighted by Gasteiger charge is -2.19. The van der Waals surface area contributed by atoms with Crippen LogP contribution in [-0.4, -0.2) is 66.4 Å². The molecule has 0 atom stereocenters. The van der Waals surface area contributed by atoms with Gasteiger partial charge >= 0.3 is 0 Å². The first-order valence-electron chi connectivity index (χ1n) is 33.0. The molecule has 99 heavy (non-hydrogen) atoms. The molecule has 0 fully saturated rings. The Morgan fingerprint density at radius 1 is 0.253 bits per heavy atom. The van der Waals surface area contributed by atoms with Crippen molar-refractivity contribution in [3.8, 4) is 63.2 Å². The second-order valence-corrected chi connectivity index (χ2v) is 24.5. The highest BCUT2D eigenvalue weighted by Crippen LogP contribution is 2.41. The van der Waals surface area contributed by atoms with Crippen LogP contribution in [0.1, 0.15) is 150 Å². The lowest BCUT2D eigenvalue weighted by atomic mass is 9.88. The molecule has 0 spiro atoms. The van der Waals surface area contributed by atoms with E-state index in [0.717, 1.165) is 50.1 Å². The molecule has 12 rings (SSSR count). The van der Waals surface area contributed by atoms with Crippen molar-refractivity contribution in [1.82, 2.24) is 0 Å². The molecular formula is C84H86O15. The van der Waals surface area contributed by atoms with Gasteiger partial charge in [0.1, 0.15) is 63.2 Å². The van der Waals surface area contributed by atoms with Crippen LogP contribution in [0.2, 0.25) is 0 Å². The number of fused-ring (bicyclic) bond motifs is 12. The van der Waals surface area contributed by atoms with E-state index < -0.39 is 0 Å². The van der Waals surface area contributed by atoms with E-state index in [1.165, 1.54) is 0 Å². The zero-order chi connectivity index (χ0) is 71.3. The molecule has 1 aliphatic rings. The van der Waals surface area contributed by atoms with E-state index >= 15 is 0 Å². The molecule has 0 saturated carbocycles. The Labute approximate surface area is 577 Å². The first-order chi connectivity index (χ1) is 47.8. The third-order valence-corrected chi connectivity index (χ3v) is 17.8. The number of hydrogen-bond donors (Lipinski definition) is 13. The van der Waals surface area contributed by atoms with Crippen LogP contribution in [-0.2, 0) is 90.3 Å². The summed E-state index contributed by atoms with van der Waals surface area (Å²) in [4.78, 5) is 14.0. The van der Waals surface area contributed by atoms with E-state index in [2.05, 4.69) is 0 Å². The van der Waals surface area contributed by atoms with Crippen LogP contribution in [0.3, 0.4) is 0 Å². The van der Waals surface area contributed by atoms with Gasteiger partial charge in [0.2, 0.25) is 0 Å². The largest absolute Gasteiger partial charge is 0.508 e. The highest BCUT2D eigenvalue weighted by Gasteiger charge is 2.23. The van der Waals surface area contributed by atoms with Gasteiger partial charge in [0.15, 0.2) is 0 Å². The smallest absolute Gasteiger partial charge is 0.122 e. The summed E-state index contributed by atoms with van der Waals surface area (Å²) >= 11 is 0. The number of para-hydroxylation sites is 6. The van der Waals surface area contributed by atoms with Gasteiger partial charge in [-0.2, -0.15) is 0 Å². The summed E-state index contributed by atoms with van der Waals surface area (Å²) in [7, 11) is 0. The van der Waals surface area contributed by atoms with Crippen LogP contribution in [0.25, 0.3) is 0 Å². The van der Waals surface area contributed by atoms with Crippen LogP contribution in [0.4, 0.5) is 0 Å². The van der Waals surface area contributed by atoms with Gasteiger partial charge in [0.05, 0.1) is 13.2 Å². The number of rotatable bonds is 10. The summed E-state index contributed by atoms with van der Waals surface area (Å²) in [6, 6.07) is 60.1. The van der Waals surface area contributed by atoms with Gasteiger partial charge in [-0.15, -0.1) is 0 Å². The fraction of sp³-hybridized carbons (Fsp3) is 0.214. The number of aliphatic hydroxyl groups is 2. The molecule has 15 nitrogen and oxygen atoms in total. The van der Waals surface area contributed by atoms with Crippen LogP contribution in [0.5, 0.6) is 63.2 Å². The van der Waals surface area contributed by atoms with E-state index in [9.17, 15) is 40.9 Å². The molecule has 13 N–H and O–H groups in total. The van der Waals surface area contributed by atoms with Crippen LogP contribution < -0.4 is 0 Å². The molecule has 11 aromatic carbocycles. The Morgan fingerprint density at radius 2 is 0.566 bits per heavy atom. The summed E-state index contributed by atoms with van der Waals surface area (Å²) in [6.07, 6.45) is 4.67. The van der Waals surface area contributed by atoms with Gasteiger partial charge in [-0.3, -0.25) is 0 Å². The molecule has 0 aromatic heterocycles. The molecule has 1 aliphatic carbocycles. The Morgan fingerprint density at radius 3 is 0.889 bits per heavy atom. The number of aryl methyl sites for hydroxylation is 4. The zero-order valence-electron chi connectivity index (χ0n) is 56.1. The van der Waals surface area contributed by atoms with E-state index in [1.807, 2.05) is 155 Å². The normalized spacial score (nSPS) is 11.5. The van der Waals surface area contributed by atoms with Crippen molar-refractivity contribution < 1.29 is 66.4 Å². The van der Waals surface area contributed by atoms with Crippen LogP contribution in [0.15, 0.2) is 200 Å². The Hall–Kier alpha value is -11.3. The van der Waals surface area contributed by atoms with Gasteiger partial charge in [0, 0.05) is 54.0 Å². The number of aliphatic hydroxyl groups excluding tert-OH is 2. The lowest BCUT2D eigenvalue weighted by Crippen LogP contribution is -2.03. The molecule has 11 aromatic rings. The highest BCUT2D eigenvalue weighted by molar-refractivity contribution is 5.59. The molecule has 512 valence electrons. The van der Waals surface area contributed by atoms with Crippen molar-refractivity contribution in [3.05, 3.63) is 333 Å². The van der Waals surface area contributed by atoms with E-state index in [-0.39, 0.29) is 109 Å².